The van der Waals surface area contributed by atoms with Crippen LogP contribution in [-0.2, 0) is 16.8 Å². The molecule has 2 aromatic carbocycles. The van der Waals surface area contributed by atoms with E-state index in [0.717, 1.165) is 27.8 Å². The SMILES string of the molecule is C=C1c2ccccc2C(=O)C1(C)c1ccccc1COC. The Morgan fingerprint density at radius 2 is 1.67 bits per heavy atom. The molecule has 0 N–H and O–H groups in total. The fourth-order valence-corrected chi connectivity index (χ4v) is 3.19. The number of allylic oxidation sites excluding steroid dienone is 1. The largest absolute Gasteiger partial charge is 0.380 e. The van der Waals surface area contributed by atoms with E-state index in [0.29, 0.717) is 6.61 Å². The fourth-order valence-electron chi connectivity index (χ4n) is 3.19. The lowest BCUT2D eigenvalue weighted by atomic mass is 9.74. The second-order valence-corrected chi connectivity index (χ2v) is 5.57. The second-order valence-electron chi connectivity index (χ2n) is 5.57. The third-order valence-electron chi connectivity index (χ3n) is 4.41. The normalized spacial score (nSPS) is 20.7. The minimum atomic E-state index is -0.710. The van der Waals surface area contributed by atoms with E-state index in [2.05, 4.69) is 6.58 Å². The Hall–Kier alpha value is -2.19. The number of hydrogen-bond donors (Lipinski definition) is 0. The highest BCUT2D eigenvalue weighted by Crippen LogP contribution is 2.48. The Kier molecular flexibility index (Phi) is 3.26. The smallest absolute Gasteiger partial charge is 0.178 e. The molecule has 0 saturated heterocycles. The number of carbonyl (C=O) groups excluding carboxylic acids is 1. The summed E-state index contributed by atoms with van der Waals surface area (Å²) in [6.45, 7) is 6.67. The lowest BCUT2D eigenvalue weighted by Crippen LogP contribution is -2.29. The van der Waals surface area contributed by atoms with E-state index in [1.165, 1.54) is 0 Å². The Balaban J connectivity index is 2.20. The number of carbonyl (C=O) groups is 1. The van der Waals surface area contributed by atoms with Crippen LogP contribution in [0.15, 0.2) is 55.1 Å². The molecular weight excluding hydrogens is 260 g/mol. The molecule has 0 heterocycles. The van der Waals surface area contributed by atoms with E-state index in [1.807, 2.05) is 55.5 Å². The van der Waals surface area contributed by atoms with Gasteiger partial charge in [0.2, 0.25) is 0 Å². The van der Waals surface area contributed by atoms with Crippen LogP contribution in [-0.4, -0.2) is 12.9 Å². The Labute approximate surface area is 125 Å². The summed E-state index contributed by atoms with van der Waals surface area (Å²) in [5, 5.41) is 0. The van der Waals surface area contributed by atoms with Crippen molar-refractivity contribution in [1.29, 1.82) is 0 Å². The van der Waals surface area contributed by atoms with Crippen molar-refractivity contribution in [1.82, 2.24) is 0 Å². The minimum absolute atomic E-state index is 0.117. The fraction of sp³-hybridized carbons (Fsp3) is 0.211. The standard InChI is InChI=1S/C19H18O2/c1-13-15-9-5-6-10-16(15)18(20)19(13,2)17-11-7-4-8-14(17)12-21-3/h4-11H,1,12H2,2-3H3. The molecule has 2 heteroatoms. The van der Waals surface area contributed by atoms with E-state index in [-0.39, 0.29) is 5.78 Å². The zero-order valence-electron chi connectivity index (χ0n) is 12.3. The van der Waals surface area contributed by atoms with Crippen molar-refractivity contribution in [2.75, 3.05) is 7.11 Å². The molecule has 0 aromatic heterocycles. The molecule has 2 nitrogen and oxygen atoms in total. The van der Waals surface area contributed by atoms with Crippen LogP contribution in [0.4, 0.5) is 0 Å². The van der Waals surface area contributed by atoms with Gasteiger partial charge in [-0.2, -0.15) is 0 Å². The van der Waals surface area contributed by atoms with Crippen molar-refractivity contribution in [2.45, 2.75) is 18.9 Å². The highest BCUT2D eigenvalue weighted by Gasteiger charge is 2.46. The molecule has 106 valence electrons. The summed E-state index contributed by atoms with van der Waals surface area (Å²) in [4.78, 5) is 13.0. The van der Waals surface area contributed by atoms with E-state index in [9.17, 15) is 4.79 Å². The molecule has 2 aromatic rings. The Morgan fingerprint density at radius 3 is 2.33 bits per heavy atom. The number of fused-ring (bicyclic) bond motifs is 1. The monoisotopic (exact) mass is 278 g/mol. The molecule has 0 aliphatic heterocycles. The van der Waals surface area contributed by atoms with Gasteiger partial charge in [-0.05, 0) is 29.2 Å². The first kappa shape index (κ1) is 13.8. The predicted octanol–water partition coefficient (Wildman–Crippen LogP) is 4.00. The van der Waals surface area contributed by atoms with Gasteiger partial charge in [0.1, 0.15) is 0 Å². The lowest BCUT2D eigenvalue weighted by Gasteiger charge is -2.27. The summed E-state index contributed by atoms with van der Waals surface area (Å²) in [7, 11) is 1.67. The number of methoxy groups -OCH3 is 1. The zero-order chi connectivity index (χ0) is 15.0. The van der Waals surface area contributed by atoms with Crippen LogP contribution in [0.5, 0.6) is 0 Å². The summed E-state index contributed by atoms with van der Waals surface area (Å²) in [5.41, 5.74) is 3.89. The number of hydrogen-bond acceptors (Lipinski definition) is 2. The van der Waals surface area contributed by atoms with Gasteiger partial charge in [-0.1, -0.05) is 55.1 Å². The van der Waals surface area contributed by atoms with Crippen molar-refractivity contribution in [3.63, 3.8) is 0 Å². The minimum Gasteiger partial charge on any atom is -0.380 e. The van der Waals surface area contributed by atoms with Crippen LogP contribution in [0, 0.1) is 0 Å². The molecule has 1 atom stereocenters. The van der Waals surface area contributed by atoms with Crippen LogP contribution in [0.3, 0.4) is 0 Å². The topological polar surface area (TPSA) is 26.3 Å². The number of rotatable bonds is 3. The third kappa shape index (κ3) is 1.87. The predicted molar refractivity (Wildman–Crippen MR) is 84.3 cm³/mol. The maximum Gasteiger partial charge on any atom is 0.178 e. The maximum atomic E-state index is 13.0. The van der Waals surface area contributed by atoms with Crippen molar-refractivity contribution < 1.29 is 9.53 Å². The first-order valence-corrected chi connectivity index (χ1v) is 7.01. The van der Waals surface area contributed by atoms with Crippen LogP contribution < -0.4 is 0 Å². The van der Waals surface area contributed by atoms with Crippen LogP contribution in [0.1, 0.15) is 34.0 Å². The average Bonchev–Trinajstić information content (AvgIpc) is 2.71. The summed E-state index contributed by atoms with van der Waals surface area (Å²) in [6, 6.07) is 15.6. The molecule has 21 heavy (non-hydrogen) atoms. The van der Waals surface area contributed by atoms with Gasteiger partial charge in [0.25, 0.3) is 0 Å². The molecule has 1 unspecified atom stereocenters. The molecule has 0 saturated carbocycles. The molecule has 0 bridgehead atoms. The maximum absolute atomic E-state index is 13.0. The van der Waals surface area contributed by atoms with Crippen molar-refractivity contribution in [2.24, 2.45) is 0 Å². The van der Waals surface area contributed by atoms with Gasteiger partial charge in [0, 0.05) is 12.7 Å². The Morgan fingerprint density at radius 1 is 1.05 bits per heavy atom. The molecule has 0 spiro atoms. The van der Waals surface area contributed by atoms with Crippen LogP contribution >= 0.6 is 0 Å². The molecule has 3 rings (SSSR count). The zero-order valence-corrected chi connectivity index (χ0v) is 12.3. The molecule has 0 fully saturated rings. The number of Topliss-reactive ketones (excluding diaryl/α,β-unsaturated/α-hetero) is 1. The van der Waals surface area contributed by atoms with Crippen molar-refractivity contribution in [3.05, 3.63) is 77.4 Å². The number of ether oxygens (including phenoxy) is 1. The first-order valence-electron chi connectivity index (χ1n) is 7.01. The van der Waals surface area contributed by atoms with E-state index >= 15 is 0 Å². The second kappa shape index (κ2) is 4.97. The van der Waals surface area contributed by atoms with Crippen LogP contribution in [0.2, 0.25) is 0 Å². The molecule has 0 amide bonds. The van der Waals surface area contributed by atoms with Crippen molar-refractivity contribution >= 4 is 11.4 Å². The molecule has 0 radical (unpaired) electrons. The van der Waals surface area contributed by atoms with Gasteiger partial charge in [-0.25, -0.2) is 0 Å². The first-order chi connectivity index (χ1) is 10.1. The van der Waals surface area contributed by atoms with Crippen LogP contribution in [0.25, 0.3) is 5.57 Å². The van der Waals surface area contributed by atoms with Crippen molar-refractivity contribution in [3.8, 4) is 0 Å². The van der Waals surface area contributed by atoms with Gasteiger partial charge in [-0.15, -0.1) is 0 Å². The quantitative estimate of drug-likeness (QED) is 0.848. The third-order valence-corrected chi connectivity index (χ3v) is 4.41. The average molecular weight is 278 g/mol. The van der Waals surface area contributed by atoms with Gasteiger partial charge >= 0.3 is 0 Å². The molecular formula is C19H18O2. The lowest BCUT2D eigenvalue weighted by molar-refractivity contribution is 0.0940. The highest BCUT2D eigenvalue weighted by molar-refractivity contribution is 6.20. The van der Waals surface area contributed by atoms with E-state index in [1.54, 1.807) is 7.11 Å². The van der Waals surface area contributed by atoms with Gasteiger partial charge in [0.15, 0.2) is 5.78 Å². The highest BCUT2D eigenvalue weighted by atomic mass is 16.5. The van der Waals surface area contributed by atoms with E-state index in [4.69, 9.17) is 4.74 Å². The van der Waals surface area contributed by atoms with Gasteiger partial charge in [0.05, 0.1) is 12.0 Å². The summed E-state index contributed by atoms with van der Waals surface area (Å²) in [5.74, 6) is 0.117. The van der Waals surface area contributed by atoms with Gasteiger partial charge < -0.3 is 4.74 Å². The summed E-state index contributed by atoms with van der Waals surface area (Å²) >= 11 is 0. The Bertz CT molecular complexity index is 693. The van der Waals surface area contributed by atoms with Gasteiger partial charge in [-0.3, -0.25) is 4.79 Å². The number of ketones is 1. The number of benzene rings is 2. The summed E-state index contributed by atoms with van der Waals surface area (Å²) < 4.78 is 5.28. The molecule has 1 aliphatic rings. The summed E-state index contributed by atoms with van der Waals surface area (Å²) in [6.07, 6.45) is 0. The van der Waals surface area contributed by atoms with E-state index < -0.39 is 5.41 Å². The molecule has 1 aliphatic carbocycles.